The molecule has 0 aliphatic carbocycles. The van der Waals surface area contributed by atoms with Gasteiger partial charge in [0.15, 0.2) is 17.8 Å². The van der Waals surface area contributed by atoms with E-state index in [0.29, 0.717) is 23.3 Å². The Kier molecular flexibility index (Phi) is 11.1. The fourth-order valence-electron chi connectivity index (χ4n) is 3.84. The molecule has 0 aliphatic rings. The molecule has 0 saturated carbocycles. The summed E-state index contributed by atoms with van der Waals surface area (Å²) in [5.41, 5.74) is 0.439. The maximum atomic E-state index is 12.6. The first-order chi connectivity index (χ1) is 19.8. The normalized spacial score (nSPS) is 10.3. The summed E-state index contributed by atoms with van der Waals surface area (Å²) in [5.74, 6) is -3.17. The van der Waals surface area contributed by atoms with Crippen molar-refractivity contribution in [1.29, 1.82) is 0 Å². The molecule has 12 heteroatoms. The molecular weight excluding hydrogens is 552 g/mol. The lowest BCUT2D eigenvalue weighted by atomic mass is 10.0. The predicted octanol–water partition coefficient (Wildman–Crippen LogP) is 4.56. The Morgan fingerprint density at radius 3 is 1.86 bits per heavy atom. The van der Waals surface area contributed by atoms with Gasteiger partial charge in [-0.1, -0.05) is 6.07 Å². The smallest absolute Gasteiger partial charge is 0.347 e. The topological polar surface area (TPSA) is 186 Å². The zero-order chi connectivity index (χ0) is 31.7. The van der Waals surface area contributed by atoms with Crippen LogP contribution in [0.4, 0.5) is 0 Å². The first kappa shape index (κ1) is 32.7. The largest absolute Gasteiger partial charge is 0.507 e. The fraction of sp³-hybridized carbons (Fsp3) is 0.200. The molecule has 3 rings (SSSR count). The van der Waals surface area contributed by atoms with Gasteiger partial charge in [-0.2, -0.15) is 0 Å². The van der Waals surface area contributed by atoms with E-state index in [1.54, 1.807) is 25.3 Å². The van der Waals surface area contributed by atoms with Crippen LogP contribution in [0.1, 0.15) is 53.3 Å². The van der Waals surface area contributed by atoms with E-state index < -0.39 is 29.4 Å². The highest BCUT2D eigenvalue weighted by atomic mass is 16.5. The van der Waals surface area contributed by atoms with Crippen LogP contribution < -0.4 is 18.9 Å². The van der Waals surface area contributed by atoms with Gasteiger partial charge in [-0.15, -0.1) is 0 Å². The van der Waals surface area contributed by atoms with Crippen LogP contribution in [-0.4, -0.2) is 65.9 Å². The molecule has 0 amide bonds. The summed E-state index contributed by atoms with van der Waals surface area (Å²) in [4.78, 5) is 45.5. The first-order valence-electron chi connectivity index (χ1n) is 12.1. The highest BCUT2D eigenvalue weighted by molar-refractivity contribution is 6.00. The van der Waals surface area contributed by atoms with Gasteiger partial charge < -0.3 is 39.4 Å². The van der Waals surface area contributed by atoms with Crippen LogP contribution in [0.15, 0.2) is 36.4 Å². The number of aryl methyl sites for hydroxylation is 2. The second-order valence-corrected chi connectivity index (χ2v) is 8.67. The molecule has 3 aromatic rings. The van der Waals surface area contributed by atoms with Crippen molar-refractivity contribution >= 4 is 30.3 Å². The van der Waals surface area contributed by atoms with Gasteiger partial charge in [0.05, 0.1) is 26.9 Å². The quantitative estimate of drug-likeness (QED) is 0.119. The highest BCUT2D eigenvalue weighted by Crippen LogP contribution is 2.36. The molecule has 42 heavy (non-hydrogen) atoms. The number of esters is 1. The number of aliphatic carboxylic acids is 1. The van der Waals surface area contributed by atoms with Crippen molar-refractivity contribution in [1.82, 2.24) is 0 Å². The van der Waals surface area contributed by atoms with E-state index >= 15 is 0 Å². The monoisotopic (exact) mass is 582 g/mol. The molecule has 0 atom stereocenters. The second kappa shape index (κ2) is 14.2. The summed E-state index contributed by atoms with van der Waals surface area (Å²) >= 11 is 0. The van der Waals surface area contributed by atoms with Crippen molar-refractivity contribution < 1.29 is 58.6 Å². The number of benzene rings is 3. The number of carboxylic acids is 2. The molecule has 0 spiro atoms. The van der Waals surface area contributed by atoms with Gasteiger partial charge in [0.1, 0.15) is 34.1 Å². The summed E-state index contributed by atoms with van der Waals surface area (Å²) < 4.78 is 20.4. The average Bonchev–Trinajstić information content (AvgIpc) is 2.94. The Morgan fingerprint density at radius 2 is 1.33 bits per heavy atom. The summed E-state index contributed by atoms with van der Waals surface area (Å²) in [6.07, 6.45) is 2.91. The Balaban J connectivity index is 0.000000347. The molecule has 0 saturated heterocycles. The van der Waals surface area contributed by atoms with Crippen LogP contribution >= 0.6 is 0 Å². The minimum atomic E-state index is -1.38. The fourth-order valence-corrected chi connectivity index (χ4v) is 3.84. The lowest BCUT2D eigenvalue weighted by molar-refractivity contribution is -0.131. The average molecular weight is 583 g/mol. The molecule has 222 valence electrons. The molecule has 4 N–H and O–H groups in total. The minimum Gasteiger partial charge on any atom is -0.507 e. The molecule has 0 aliphatic heterocycles. The van der Waals surface area contributed by atoms with Crippen molar-refractivity contribution in [3.63, 3.8) is 0 Å². The molecule has 0 fully saturated rings. The SMILES string of the molecule is COc1cc(C)c(C(=O)Oc2cc(C)c(O)c(C(=O)O)c2C)c(O)c1C=O.COc1ccc(C=CC(=O)O)cc1OC. The molecule has 0 aromatic heterocycles. The first-order valence-corrected chi connectivity index (χ1v) is 12.1. The van der Waals surface area contributed by atoms with E-state index in [-0.39, 0.29) is 39.3 Å². The predicted molar refractivity (Wildman–Crippen MR) is 150 cm³/mol. The lowest BCUT2D eigenvalue weighted by Crippen LogP contribution is -2.14. The minimum absolute atomic E-state index is 0.0419. The zero-order valence-corrected chi connectivity index (χ0v) is 23.7. The van der Waals surface area contributed by atoms with Gasteiger partial charge in [0.2, 0.25) is 0 Å². The molecule has 3 aromatic carbocycles. The van der Waals surface area contributed by atoms with E-state index in [0.717, 1.165) is 11.6 Å². The van der Waals surface area contributed by atoms with Crippen LogP contribution in [0.25, 0.3) is 6.08 Å². The Hall–Kier alpha value is -5.52. The van der Waals surface area contributed by atoms with Crippen molar-refractivity contribution in [2.24, 2.45) is 0 Å². The van der Waals surface area contributed by atoms with E-state index in [4.69, 9.17) is 24.1 Å². The molecular formula is C30H30O12. The summed E-state index contributed by atoms with van der Waals surface area (Å²) in [7, 11) is 4.39. The van der Waals surface area contributed by atoms with Crippen molar-refractivity contribution in [3.8, 4) is 34.5 Å². The van der Waals surface area contributed by atoms with E-state index in [1.807, 2.05) is 0 Å². The van der Waals surface area contributed by atoms with Crippen molar-refractivity contribution in [2.45, 2.75) is 20.8 Å². The molecule has 0 radical (unpaired) electrons. The lowest BCUT2D eigenvalue weighted by Gasteiger charge is -2.16. The van der Waals surface area contributed by atoms with E-state index in [2.05, 4.69) is 0 Å². The number of carboxylic acid groups (broad SMARTS) is 2. The zero-order valence-electron chi connectivity index (χ0n) is 23.7. The number of aromatic hydroxyl groups is 2. The summed E-state index contributed by atoms with van der Waals surface area (Å²) in [6.45, 7) is 4.35. The third kappa shape index (κ3) is 7.36. The number of hydrogen-bond acceptors (Lipinski definition) is 10. The third-order valence-corrected chi connectivity index (χ3v) is 5.99. The second-order valence-electron chi connectivity index (χ2n) is 8.67. The maximum Gasteiger partial charge on any atom is 0.347 e. The molecule has 0 unspecified atom stereocenters. The van der Waals surface area contributed by atoms with Crippen LogP contribution in [-0.2, 0) is 4.79 Å². The van der Waals surface area contributed by atoms with Gasteiger partial charge in [-0.05, 0) is 67.8 Å². The number of carbonyl (C=O) groups excluding carboxylic acids is 2. The maximum absolute atomic E-state index is 12.6. The van der Waals surface area contributed by atoms with Crippen LogP contribution in [0.2, 0.25) is 0 Å². The highest BCUT2D eigenvalue weighted by Gasteiger charge is 2.26. The Labute approximate surface area is 241 Å². The number of ether oxygens (including phenoxy) is 4. The third-order valence-electron chi connectivity index (χ3n) is 5.99. The molecule has 12 nitrogen and oxygen atoms in total. The number of aldehydes is 1. The summed E-state index contributed by atoms with van der Waals surface area (Å²) in [5, 5.41) is 37.9. The van der Waals surface area contributed by atoms with Crippen molar-refractivity contribution in [3.05, 3.63) is 75.4 Å². The molecule has 0 heterocycles. The number of phenols is 2. The number of methoxy groups -OCH3 is 3. The summed E-state index contributed by atoms with van der Waals surface area (Å²) in [6, 6.07) is 7.89. The van der Waals surface area contributed by atoms with Gasteiger partial charge in [0.25, 0.3) is 0 Å². The number of hydrogen-bond donors (Lipinski definition) is 4. The number of rotatable bonds is 9. The standard InChI is InChI=1S/C19H18O8.C11H12O4/c1-8-5-13(26-4)11(7-20)17(22)14(8)19(25)27-12-6-9(2)16(21)15(10(12)3)18(23)24;1-14-9-5-3-8(4-6-11(12)13)7-10(9)15-2/h5-7,21-22H,1-4H3,(H,23,24);3-7H,1-2H3,(H,12,13). The molecule has 0 bridgehead atoms. The van der Waals surface area contributed by atoms with Crippen molar-refractivity contribution in [2.75, 3.05) is 21.3 Å². The number of carbonyl (C=O) groups is 4. The van der Waals surface area contributed by atoms with Crippen LogP contribution in [0.5, 0.6) is 34.5 Å². The van der Waals surface area contributed by atoms with Crippen LogP contribution in [0.3, 0.4) is 0 Å². The van der Waals surface area contributed by atoms with E-state index in [9.17, 15) is 34.5 Å². The Morgan fingerprint density at radius 1 is 0.738 bits per heavy atom. The number of phenolic OH excluding ortho intramolecular Hbond substituents is 1. The van der Waals surface area contributed by atoms with Gasteiger partial charge >= 0.3 is 17.9 Å². The van der Waals surface area contributed by atoms with Gasteiger partial charge in [-0.3, -0.25) is 4.79 Å². The number of aromatic carboxylic acids is 1. The van der Waals surface area contributed by atoms with Gasteiger partial charge in [0, 0.05) is 11.6 Å². The Bertz CT molecular complexity index is 1550. The van der Waals surface area contributed by atoms with Gasteiger partial charge in [-0.25, -0.2) is 14.4 Å². The van der Waals surface area contributed by atoms with Crippen LogP contribution in [0, 0.1) is 20.8 Å². The van der Waals surface area contributed by atoms with E-state index in [1.165, 1.54) is 53.2 Å².